The lowest BCUT2D eigenvalue weighted by atomic mass is 9.93. The number of rotatable bonds is 5. The highest BCUT2D eigenvalue weighted by Crippen LogP contribution is 2.37. The van der Waals surface area contributed by atoms with Gasteiger partial charge in [-0.05, 0) is 42.8 Å². The number of amides is 3. The summed E-state index contributed by atoms with van der Waals surface area (Å²) in [6, 6.07) is 14.3. The van der Waals surface area contributed by atoms with Gasteiger partial charge in [0.05, 0.1) is 46.0 Å². The van der Waals surface area contributed by atoms with Gasteiger partial charge in [-0.3, -0.25) is 9.69 Å². The number of anilines is 1. The lowest BCUT2D eigenvalue weighted by Gasteiger charge is -2.36. The topological polar surface area (TPSA) is 124 Å². The zero-order valence-corrected chi connectivity index (χ0v) is 21.3. The van der Waals surface area contributed by atoms with Crippen molar-refractivity contribution >= 4 is 33.3 Å². The third-order valence-electron chi connectivity index (χ3n) is 6.04. The van der Waals surface area contributed by atoms with Crippen molar-refractivity contribution in [2.75, 3.05) is 4.90 Å². The second kappa shape index (κ2) is 10.6. The van der Waals surface area contributed by atoms with Crippen molar-refractivity contribution in [2.45, 2.75) is 24.0 Å². The first-order valence-corrected chi connectivity index (χ1v) is 12.9. The number of hydrogen-bond acceptors (Lipinski definition) is 5. The Morgan fingerprint density at radius 3 is 2.33 bits per heavy atom. The van der Waals surface area contributed by atoms with Crippen LogP contribution in [0.4, 0.5) is 29.3 Å². The Kier molecular flexibility index (Phi) is 7.36. The van der Waals surface area contributed by atoms with E-state index in [1.165, 1.54) is 49.4 Å². The zero-order valence-electron chi connectivity index (χ0n) is 20.5. The molecule has 40 heavy (non-hydrogen) atoms. The minimum Gasteiger partial charge on any atom is -0.326 e. The quantitative estimate of drug-likeness (QED) is 0.413. The van der Waals surface area contributed by atoms with Gasteiger partial charge in [0, 0.05) is 5.70 Å². The van der Waals surface area contributed by atoms with Gasteiger partial charge in [0.25, 0.3) is 15.9 Å². The summed E-state index contributed by atoms with van der Waals surface area (Å²) in [6.07, 6.45) is -4.71. The number of benzene rings is 3. The molecular weight excluding hydrogens is 547 g/mol. The molecular formula is C27H18F3N5O4S. The smallest absolute Gasteiger partial charge is 0.326 e. The summed E-state index contributed by atoms with van der Waals surface area (Å²) >= 11 is 0. The van der Waals surface area contributed by atoms with E-state index in [1.54, 1.807) is 0 Å². The van der Waals surface area contributed by atoms with Crippen molar-refractivity contribution in [3.05, 3.63) is 112 Å². The van der Waals surface area contributed by atoms with Crippen LogP contribution in [0.25, 0.3) is 4.85 Å². The third kappa shape index (κ3) is 5.50. The molecule has 0 aliphatic carbocycles. The number of nitriles is 1. The molecule has 0 bridgehead atoms. The molecule has 3 amide bonds. The first kappa shape index (κ1) is 27.9. The summed E-state index contributed by atoms with van der Waals surface area (Å²) in [7, 11) is -4.45. The molecule has 0 spiro atoms. The van der Waals surface area contributed by atoms with Gasteiger partial charge in [-0.2, -0.15) is 18.4 Å². The molecule has 1 aliphatic heterocycles. The SMILES string of the molecule is [C-]#[N+]c1ccc(S(=O)(=O)NC(=O)C2=C(C)N(c3cccc(C(F)(F)F)c3)C(=O)NC2c2ccc(C#N)cc2)cc1. The van der Waals surface area contributed by atoms with Gasteiger partial charge in [-0.25, -0.2) is 22.8 Å². The molecule has 0 aromatic heterocycles. The highest BCUT2D eigenvalue weighted by Gasteiger charge is 2.39. The number of urea groups is 1. The van der Waals surface area contributed by atoms with Gasteiger partial charge in [-0.15, -0.1) is 0 Å². The molecule has 0 saturated heterocycles. The fourth-order valence-corrected chi connectivity index (χ4v) is 5.07. The minimum atomic E-state index is -4.71. The number of carbonyl (C=O) groups is 2. The summed E-state index contributed by atoms with van der Waals surface area (Å²) in [5, 5.41) is 11.7. The molecule has 1 unspecified atom stereocenters. The molecule has 2 N–H and O–H groups in total. The molecule has 1 aliphatic rings. The van der Waals surface area contributed by atoms with E-state index < -0.39 is 39.7 Å². The Balaban J connectivity index is 1.82. The van der Waals surface area contributed by atoms with Crippen molar-refractivity contribution in [3.63, 3.8) is 0 Å². The lowest BCUT2D eigenvalue weighted by Crippen LogP contribution is -2.50. The van der Waals surface area contributed by atoms with E-state index >= 15 is 0 Å². The largest absolute Gasteiger partial charge is 0.416 e. The highest BCUT2D eigenvalue weighted by molar-refractivity contribution is 7.90. The number of halogens is 3. The number of nitrogens with one attached hydrogen (secondary N) is 2. The molecule has 1 heterocycles. The molecule has 9 nitrogen and oxygen atoms in total. The number of carbonyl (C=O) groups excluding carboxylic acids is 2. The monoisotopic (exact) mass is 565 g/mol. The average Bonchev–Trinajstić information content (AvgIpc) is 2.92. The van der Waals surface area contributed by atoms with Crippen LogP contribution < -0.4 is 14.9 Å². The summed E-state index contributed by atoms with van der Waals surface area (Å²) in [5.41, 5.74) is -0.830. The number of hydrogen-bond donors (Lipinski definition) is 2. The second-order valence-corrected chi connectivity index (χ2v) is 10.2. The standard InChI is InChI=1S/C27H18F3N5O4S/c1-16-23(25(36)34-40(38,39)22-12-10-20(32-2)11-13-22)24(18-8-6-17(15-31)7-9-18)33-26(37)35(16)21-5-3-4-19(14-21)27(28,29)30/h3-14,24H,1H3,(H,33,37)(H,34,36). The van der Waals surface area contributed by atoms with Gasteiger partial charge in [0.15, 0.2) is 5.69 Å². The van der Waals surface area contributed by atoms with Gasteiger partial charge in [0.2, 0.25) is 0 Å². The predicted octanol–water partition coefficient (Wildman–Crippen LogP) is 5.18. The summed E-state index contributed by atoms with van der Waals surface area (Å²) < 4.78 is 68.1. The number of alkyl halides is 3. The van der Waals surface area contributed by atoms with Crippen LogP contribution in [0.5, 0.6) is 0 Å². The maximum absolute atomic E-state index is 13.5. The number of sulfonamides is 1. The molecule has 1 atom stereocenters. The number of nitrogens with zero attached hydrogens (tertiary/aromatic N) is 3. The fraction of sp³-hybridized carbons (Fsp3) is 0.111. The van der Waals surface area contributed by atoms with Gasteiger partial charge < -0.3 is 5.32 Å². The predicted molar refractivity (Wildman–Crippen MR) is 137 cm³/mol. The van der Waals surface area contributed by atoms with E-state index in [1.807, 2.05) is 10.8 Å². The van der Waals surface area contributed by atoms with Gasteiger partial charge in [0.1, 0.15) is 0 Å². The summed E-state index contributed by atoms with van der Waals surface area (Å²) in [6.45, 7) is 8.31. The van der Waals surface area contributed by atoms with Crippen LogP contribution >= 0.6 is 0 Å². The van der Waals surface area contributed by atoms with Gasteiger partial charge in [-0.1, -0.05) is 42.5 Å². The first-order valence-electron chi connectivity index (χ1n) is 11.4. The normalized spacial score (nSPS) is 15.6. The lowest BCUT2D eigenvalue weighted by molar-refractivity contribution is -0.137. The summed E-state index contributed by atoms with van der Waals surface area (Å²) in [5.74, 6) is -1.14. The molecule has 202 valence electrons. The zero-order chi connectivity index (χ0) is 29.2. The summed E-state index contributed by atoms with van der Waals surface area (Å²) in [4.78, 5) is 30.4. The molecule has 0 radical (unpaired) electrons. The molecule has 0 fully saturated rings. The molecule has 3 aromatic carbocycles. The average molecular weight is 566 g/mol. The first-order chi connectivity index (χ1) is 18.9. The Labute approximate surface area is 227 Å². The maximum Gasteiger partial charge on any atom is 0.416 e. The molecule has 4 rings (SSSR count). The second-order valence-electron chi connectivity index (χ2n) is 8.54. The van der Waals surface area contributed by atoms with Crippen LogP contribution in [0, 0.1) is 17.9 Å². The Morgan fingerprint density at radius 1 is 1.10 bits per heavy atom. The Bertz CT molecular complexity index is 1720. The third-order valence-corrected chi connectivity index (χ3v) is 7.38. The molecule has 3 aromatic rings. The van der Waals surface area contributed by atoms with Crippen LogP contribution in [0.2, 0.25) is 0 Å². The van der Waals surface area contributed by atoms with Crippen LogP contribution in [0.1, 0.15) is 29.7 Å². The van der Waals surface area contributed by atoms with Gasteiger partial charge >= 0.3 is 12.2 Å². The molecule has 13 heteroatoms. The fourth-order valence-electron chi connectivity index (χ4n) is 4.11. The van der Waals surface area contributed by atoms with Crippen molar-refractivity contribution in [3.8, 4) is 6.07 Å². The van der Waals surface area contributed by atoms with E-state index in [-0.39, 0.29) is 33.1 Å². The van der Waals surface area contributed by atoms with Crippen molar-refractivity contribution in [1.82, 2.24) is 10.0 Å². The van der Waals surface area contributed by atoms with Crippen LogP contribution in [0.15, 0.2) is 89.0 Å². The number of allylic oxidation sites excluding steroid dienone is 1. The van der Waals surface area contributed by atoms with E-state index in [0.717, 1.165) is 35.2 Å². The Hall–Kier alpha value is -5.14. The van der Waals surface area contributed by atoms with E-state index in [4.69, 9.17) is 11.8 Å². The Morgan fingerprint density at radius 2 is 1.75 bits per heavy atom. The van der Waals surface area contributed by atoms with E-state index in [9.17, 15) is 31.2 Å². The van der Waals surface area contributed by atoms with Crippen LogP contribution in [-0.4, -0.2) is 20.4 Å². The van der Waals surface area contributed by atoms with E-state index in [0.29, 0.717) is 5.56 Å². The van der Waals surface area contributed by atoms with Crippen molar-refractivity contribution in [1.29, 1.82) is 5.26 Å². The van der Waals surface area contributed by atoms with Crippen LogP contribution in [0.3, 0.4) is 0 Å². The highest BCUT2D eigenvalue weighted by atomic mass is 32.2. The van der Waals surface area contributed by atoms with Crippen molar-refractivity contribution < 1.29 is 31.2 Å². The minimum absolute atomic E-state index is 0.117. The van der Waals surface area contributed by atoms with Crippen molar-refractivity contribution in [2.24, 2.45) is 0 Å². The molecule has 0 saturated carbocycles. The van der Waals surface area contributed by atoms with E-state index in [2.05, 4.69) is 10.2 Å². The maximum atomic E-state index is 13.5. The van der Waals surface area contributed by atoms with Crippen LogP contribution in [-0.2, 0) is 21.0 Å².